The molecule has 1 aliphatic heterocycles. The van der Waals surface area contributed by atoms with E-state index < -0.39 is 6.29 Å². The average molecular weight is 455 g/mol. The van der Waals surface area contributed by atoms with Gasteiger partial charge in [-0.1, -0.05) is 39.0 Å². The van der Waals surface area contributed by atoms with Crippen LogP contribution < -0.4 is 0 Å². The summed E-state index contributed by atoms with van der Waals surface area (Å²) >= 11 is 0. The Morgan fingerprint density at radius 2 is 1.69 bits per heavy atom. The second-order valence-electron chi connectivity index (χ2n) is 9.54. The predicted octanol–water partition coefficient (Wildman–Crippen LogP) is 4.36. The Morgan fingerprint density at radius 1 is 1.03 bits per heavy atom. The highest BCUT2D eigenvalue weighted by molar-refractivity contribution is 5.18. The highest BCUT2D eigenvalue weighted by Gasteiger charge is 2.42. The smallest absolute Gasteiger partial charge is 0.184 e. The molecule has 0 spiro atoms. The highest BCUT2D eigenvalue weighted by Crippen LogP contribution is 2.45. The third kappa shape index (κ3) is 6.43. The molecule has 0 amide bonds. The van der Waals surface area contributed by atoms with E-state index in [1.165, 1.54) is 6.42 Å². The Morgan fingerprint density at radius 3 is 2.19 bits per heavy atom. The number of aliphatic hydroxyl groups is 1. The number of hydrogen-bond donors (Lipinski definition) is 1. The maximum absolute atomic E-state index is 11.0. The number of allylic oxidation sites excluding steroid dienone is 2. The first-order chi connectivity index (χ1) is 15.3. The third-order valence-electron chi connectivity index (χ3n) is 7.77. The molecule has 1 N–H and O–H groups in total. The van der Waals surface area contributed by atoms with Crippen molar-refractivity contribution in [3.8, 4) is 0 Å². The number of rotatable bonds is 12. The maximum Gasteiger partial charge on any atom is 0.184 e. The molecule has 1 saturated heterocycles. The van der Waals surface area contributed by atoms with Gasteiger partial charge in [-0.2, -0.15) is 0 Å². The molecule has 1 heterocycles. The van der Waals surface area contributed by atoms with Crippen LogP contribution in [0.5, 0.6) is 0 Å². The van der Waals surface area contributed by atoms with Gasteiger partial charge in [0.1, 0.15) is 12.2 Å². The molecule has 32 heavy (non-hydrogen) atoms. The molecule has 0 unspecified atom stereocenters. The van der Waals surface area contributed by atoms with Crippen molar-refractivity contribution in [1.29, 1.82) is 0 Å². The van der Waals surface area contributed by atoms with Gasteiger partial charge in [-0.05, 0) is 49.5 Å². The Kier molecular flexibility index (Phi) is 11.3. The van der Waals surface area contributed by atoms with Crippen LogP contribution in [-0.4, -0.2) is 70.4 Å². The SMILES string of the molecule is CC[C@H](OC)[C@@H](C)[C@H]1CC[C@@H]1[C@H](O)[C@@H](C)/C=C/C=C(\C)[C@@H]1O[C@@H](OC)[C@H](OC)C[C@@H]1OC. The Balaban J connectivity index is 1.98. The molecule has 2 fully saturated rings. The Bertz CT molecular complexity index is 601. The van der Waals surface area contributed by atoms with Gasteiger partial charge in [0.25, 0.3) is 0 Å². The van der Waals surface area contributed by atoms with Crippen LogP contribution in [0.3, 0.4) is 0 Å². The summed E-state index contributed by atoms with van der Waals surface area (Å²) in [6.45, 7) is 8.58. The lowest BCUT2D eigenvalue weighted by Gasteiger charge is -2.46. The van der Waals surface area contributed by atoms with E-state index >= 15 is 0 Å². The van der Waals surface area contributed by atoms with E-state index in [2.05, 4.69) is 32.9 Å². The lowest BCUT2D eigenvalue weighted by atomic mass is 9.62. The fourth-order valence-electron chi connectivity index (χ4n) is 5.46. The summed E-state index contributed by atoms with van der Waals surface area (Å²) in [6.07, 6.45) is 9.25. The molecule has 186 valence electrons. The van der Waals surface area contributed by atoms with Gasteiger partial charge in [0, 0.05) is 40.8 Å². The highest BCUT2D eigenvalue weighted by atomic mass is 16.7. The molecule has 0 aromatic carbocycles. The molecule has 10 atom stereocenters. The van der Waals surface area contributed by atoms with E-state index in [9.17, 15) is 5.11 Å². The minimum absolute atomic E-state index is 0.0803. The van der Waals surface area contributed by atoms with E-state index in [1.54, 1.807) is 28.4 Å². The van der Waals surface area contributed by atoms with Crippen LogP contribution in [0, 0.1) is 23.7 Å². The Hall–Kier alpha value is -0.760. The van der Waals surface area contributed by atoms with Crippen molar-refractivity contribution in [3.05, 3.63) is 23.8 Å². The molecule has 0 aromatic heterocycles. The van der Waals surface area contributed by atoms with E-state index in [0.29, 0.717) is 24.2 Å². The van der Waals surface area contributed by atoms with E-state index in [4.69, 9.17) is 23.7 Å². The fourth-order valence-corrected chi connectivity index (χ4v) is 5.46. The monoisotopic (exact) mass is 454 g/mol. The summed E-state index contributed by atoms with van der Waals surface area (Å²) in [5.74, 6) is 1.42. The largest absolute Gasteiger partial charge is 0.392 e. The molecule has 0 bridgehead atoms. The molecular formula is C26H46O6. The van der Waals surface area contributed by atoms with Crippen LogP contribution in [0.2, 0.25) is 0 Å². The molecule has 0 aromatic rings. The van der Waals surface area contributed by atoms with Crippen molar-refractivity contribution >= 4 is 0 Å². The molecule has 2 aliphatic rings. The van der Waals surface area contributed by atoms with Crippen LogP contribution in [0.4, 0.5) is 0 Å². The normalized spacial score (nSPS) is 35.3. The Labute approximate surface area is 195 Å². The van der Waals surface area contributed by atoms with E-state index in [1.807, 2.05) is 13.0 Å². The van der Waals surface area contributed by atoms with Gasteiger partial charge in [-0.3, -0.25) is 0 Å². The standard InChI is InChI=1S/C26H46O6/c1-9-21(28-5)18(4)19-13-14-20(19)24(27)16(2)11-10-12-17(3)25-22(29-6)15-23(30-7)26(31-8)32-25/h10-12,16,18-27H,9,13-15H2,1-8H3/b11-10+,17-12+/t16-,18-,19+,20-,21-,22-,23+,24+,25-,26+/m0/s1. The summed E-state index contributed by atoms with van der Waals surface area (Å²) < 4.78 is 28.4. The molecule has 1 aliphatic carbocycles. The van der Waals surface area contributed by atoms with E-state index in [-0.39, 0.29) is 36.4 Å². The zero-order chi connectivity index (χ0) is 23.8. The van der Waals surface area contributed by atoms with Crippen LogP contribution in [-0.2, 0) is 23.7 Å². The van der Waals surface area contributed by atoms with Crippen molar-refractivity contribution < 1.29 is 28.8 Å². The van der Waals surface area contributed by atoms with Gasteiger partial charge < -0.3 is 28.8 Å². The van der Waals surface area contributed by atoms with Crippen molar-refractivity contribution in [2.24, 2.45) is 23.7 Å². The van der Waals surface area contributed by atoms with E-state index in [0.717, 1.165) is 18.4 Å². The van der Waals surface area contributed by atoms with Crippen molar-refractivity contribution in [2.75, 3.05) is 28.4 Å². The summed E-state index contributed by atoms with van der Waals surface area (Å²) in [5, 5.41) is 11.0. The zero-order valence-electron chi connectivity index (χ0n) is 21.3. The number of methoxy groups -OCH3 is 4. The van der Waals surface area contributed by atoms with Crippen LogP contribution in [0.1, 0.15) is 53.4 Å². The summed E-state index contributed by atoms with van der Waals surface area (Å²) in [6, 6.07) is 0. The van der Waals surface area contributed by atoms with Crippen LogP contribution in [0.25, 0.3) is 0 Å². The van der Waals surface area contributed by atoms with Crippen molar-refractivity contribution in [2.45, 2.75) is 90.2 Å². The molecule has 2 rings (SSSR count). The molecule has 0 radical (unpaired) electrons. The number of hydrogen-bond acceptors (Lipinski definition) is 6. The maximum atomic E-state index is 11.0. The van der Waals surface area contributed by atoms with Gasteiger partial charge in [-0.25, -0.2) is 0 Å². The average Bonchev–Trinajstić information content (AvgIpc) is 2.77. The van der Waals surface area contributed by atoms with Gasteiger partial charge in [0.15, 0.2) is 6.29 Å². The number of aliphatic hydroxyl groups excluding tert-OH is 1. The molecule has 1 saturated carbocycles. The molecule has 6 heteroatoms. The first-order valence-corrected chi connectivity index (χ1v) is 12.1. The van der Waals surface area contributed by atoms with Crippen LogP contribution in [0.15, 0.2) is 23.8 Å². The van der Waals surface area contributed by atoms with Gasteiger partial charge in [0.05, 0.1) is 18.3 Å². The topological polar surface area (TPSA) is 66.4 Å². The minimum Gasteiger partial charge on any atom is -0.392 e. The second-order valence-corrected chi connectivity index (χ2v) is 9.54. The summed E-state index contributed by atoms with van der Waals surface area (Å²) in [7, 11) is 6.79. The number of ether oxygens (including phenoxy) is 5. The fraction of sp³-hybridized carbons (Fsp3) is 0.846. The van der Waals surface area contributed by atoms with Crippen molar-refractivity contribution in [1.82, 2.24) is 0 Å². The van der Waals surface area contributed by atoms with Crippen LogP contribution >= 0.6 is 0 Å². The van der Waals surface area contributed by atoms with Gasteiger partial charge in [-0.15, -0.1) is 0 Å². The first kappa shape index (κ1) is 27.5. The second kappa shape index (κ2) is 13.2. The first-order valence-electron chi connectivity index (χ1n) is 12.1. The van der Waals surface area contributed by atoms with Gasteiger partial charge >= 0.3 is 0 Å². The van der Waals surface area contributed by atoms with Gasteiger partial charge in [0.2, 0.25) is 0 Å². The quantitative estimate of drug-likeness (QED) is 0.442. The third-order valence-corrected chi connectivity index (χ3v) is 7.77. The molecular weight excluding hydrogens is 408 g/mol. The lowest BCUT2D eigenvalue weighted by Crippen LogP contribution is -2.49. The summed E-state index contributed by atoms with van der Waals surface area (Å²) in [4.78, 5) is 0. The van der Waals surface area contributed by atoms with Crippen molar-refractivity contribution in [3.63, 3.8) is 0 Å². The minimum atomic E-state index is -0.416. The lowest BCUT2D eigenvalue weighted by molar-refractivity contribution is -0.256. The zero-order valence-corrected chi connectivity index (χ0v) is 21.3. The molecule has 6 nitrogen and oxygen atoms in total. The predicted molar refractivity (Wildman–Crippen MR) is 126 cm³/mol. The summed E-state index contributed by atoms with van der Waals surface area (Å²) in [5.41, 5.74) is 1.06.